The van der Waals surface area contributed by atoms with E-state index >= 15 is 0 Å². The van der Waals surface area contributed by atoms with Crippen molar-refractivity contribution in [2.24, 2.45) is 0 Å². The van der Waals surface area contributed by atoms with Crippen LogP contribution in [0.15, 0.2) is 46.9 Å². The van der Waals surface area contributed by atoms with Crippen molar-refractivity contribution in [3.8, 4) is 11.5 Å². The molecule has 0 radical (unpaired) electrons. The molecule has 5 heteroatoms. The first-order valence-corrected chi connectivity index (χ1v) is 7.70. The number of nitrogens with zero attached hydrogens (tertiary/aromatic N) is 1. The molecule has 116 valence electrons. The minimum Gasteiger partial charge on any atom is -0.507 e. The quantitative estimate of drug-likeness (QED) is 0.882. The molecule has 0 heterocycles. The zero-order valence-electron chi connectivity index (χ0n) is 12.5. The third-order valence-corrected chi connectivity index (χ3v) is 3.75. The minimum absolute atomic E-state index is 0.0282. The highest BCUT2D eigenvalue weighted by atomic mass is 79.9. The molecular weight excluding hydrogens is 346 g/mol. The largest absolute Gasteiger partial charge is 0.507 e. The van der Waals surface area contributed by atoms with Gasteiger partial charge in [-0.25, -0.2) is 0 Å². The van der Waals surface area contributed by atoms with Crippen LogP contribution in [0, 0.1) is 6.92 Å². The molecule has 2 aromatic carbocycles. The Kier molecular flexibility index (Phi) is 5.44. The molecule has 0 saturated heterocycles. The number of hydrogen-bond donors (Lipinski definition) is 1. The van der Waals surface area contributed by atoms with Gasteiger partial charge in [0.05, 0.1) is 12.1 Å². The average molecular weight is 364 g/mol. The molecule has 0 spiro atoms. The number of ether oxygens (including phenoxy) is 1. The van der Waals surface area contributed by atoms with E-state index in [2.05, 4.69) is 15.9 Å². The first kappa shape index (κ1) is 16.4. The summed E-state index contributed by atoms with van der Waals surface area (Å²) in [5, 5.41) is 9.78. The highest BCUT2D eigenvalue weighted by molar-refractivity contribution is 9.10. The summed E-state index contributed by atoms with van der Waals surface area (Å²) in [6, 6.07) is 12.5. The fourth-order valence-corrected chi connectivity index (χ4v) is 2.28. The van der Waals surface area contributed by atoms with Crippen molar-refractivity contribution in [1.29, 1.82) is 0 Å². The number of rotatable bonds is 5. The van der Waals surface area contributed by atoms with Crippen LogP contribution in [0.4, 0.5) is 0 Å². The summed E-state index contributed by atoms with van der Waals surface area (Å²) in [5.74, 6) is 0.502. The summed E-state index contributed by atoms with van der Waals surface area (Å²) in [7, 11) is 1.68. The maximum Gasteiger partial charge on any atom is 0.257 e. The van der Waals surface area contributed by atoms with Crippen LogP contribution in [-0.4, -0.2) is 36.1 Å². The van der Waals surface area contributed by atoms with Gasteiger partial charge in [-0.15, -0.1) is 0 Å². The minimum atomic E-state index is -0.244. The van der Waals surface area contributed by atoms with Crippen LogP contribution < -0.4 is 4.74 Å². The van der Waals surface area contributed by atoms with Gasteiger partial charge in [-0.05, 0) is 37.3 Å². The number of likely N-dealkylation sites (N-methyl/N-ethyl adjacent to an activating group) is 1. The fourth-order valence-electron chi connectivity index (χ4n) is 1.92. The molecule has 0 aliphatic heterocycles. The first-order valence-electron chi connectivity index (χ1n) is 6.91. The van der Waals surface area contributed by atoms with Crippen molar-refractivity contribution >= 4 is 21.8 Å². The van der Waals surface area contributed by atoms with Crippen LogP contribution in [0.2, 0.25) is 0 Å². The van der Waals surface area contributed by atoms with E-state index in [0.717, 1.165) is 10.2 Å². The van der Waals surface area contributed by atoms with E-state index in [9.17, 15) is 9.90 Å². The normalized spacial score (nSPS) is 10.3. The van der Waals surface area contributed by atoms with Crippen LogP contribution in [-0.2, 0) is 0 Å². The molecule has 2 aromatic rings. The highest BCUT2D eigenvalue weighted by Crippen LogP contribution is 2.23. The first-order chi connectivity index (χ1) is 10.5. The van der Waals surface area contributed by atoms with E-state index in [1.807, 2.05) is 31.2 Å². The lowest BCUT2D eigenvalue weighted by Crippen LogP contribution is -2.30. The Morgan fingerprint density at radius 2 is 1.91 bits per heavy atom. The van der Waals surface area contributed by atoms with Crippen LogP contribution in [0.1, 0.15) is 15.9 Å². The number of aryl methyl sites for hydroxylation is 1. The van der Waals surface area contributed by atoms with E-state index < -0.39 is 0 Å². The fraction of sp³-hybridized carbons (Fsp3) is 0.235. The Morgan fingerprint density at radius 3 is 2.59 bits per heavy atom. The van der Waals surface area contributed by atoms with Crippen LogP contribution in [0.25, 0.3) is 0 Å². The number of carbonyl (C=O) groups is 1. The number of phenols is 1. The maximum absolute atomic E-state index is 12.3. The van der Waals surface area contributed by atoms with Gasteiger partial charge in [0.25, 0.3) is 5.91 Å². The van der Waals surface area contributed by atoms with Crippen molar-refractivity contribution < 1.29 is 14.6 Å². The number of hydrogen-bond acceptors (Lipinski definition) is 3. The van der Waals surface area contributed by atoms with Gasteiger partial charge in [0.2, 0.25) is 0 Å². The van der Waals surface area contributed by atoms with Gasteiger partial charge in [-0.2, -0.15) is 0 Å². The molecule has 0 fully saturated rings. The Bertz CT molecular complexity index is 655. The smallest absolute Gasteiger partial charge is 0.257 e. The van der Waals surface area contributed by atoms with Gasteiger partial charge in [-0.3, -0.25) is 4.79 Å². The van der Waals surface area contributed by atoms with Crippen molar-refractivity contribution in [2.75, 3.05) is 20.2 Å². The van der Waals surface area contributed by atoms with Gasteiger partial charge in [0.15, 0.2) is 0 Å². The Balaban J connectivity index is 1.91. The molecule has 0 atom stereocenters. The molecule has 22 heavy (non-hydrogen) atoms. The molecule has 0 aliphatic carbocycles. The van der Waals surface area contributed by atoms with Gasteiger partial charge in [-0.1, -0.05) is 33.6 Å². The highest BCUT2D eigenvalue weighted by Gasteiger charge is 2.16. The summed E-state index contributed by atoms with van der Waals surface area (Å²) in [4.78, 5) is 13.8. The zero-order chi connectivity index (χ0) is 16.1. The summed E-state index contributed by atoms with van der Waals surface area (Å²) >= 11 is 3.30. The second-order valence-electron chi connectivity index (χ2n) is 5.05. The molecule has 0 bridgehead atoms. The van der Waals surface area contributed by atoms with Crippen LogP contribution in [0.5, 0.6) is 11.5 Å². The molecule has 1 N–H and O–H groups in total. The molecule has 0 aromatic heterocycles. The van der Waals surface area contributed by atoms with Crippen molar-refractivity contribution in [3.05, 3.63) is 58.1 Å². The summed E-state index contributed by atoms with van der Waals surface area (Å²) in [5.41, 5.74) is 1.44. The standard InChI is InChI=1S/C17H18BrNO3/c1-12-3-6-14(7-4-12)22-10-9-19(2)17(21)15-11-13(18)5-8-16(15)20/h3-8,11,20H,9-10H2,1-2H3. The molecule has 0 saturated carbocycles. The third kappa shape index (κ3) is 4.24. The lowest BCUT2D eigenvalue weighted by atomic mass is 10.2. The molecule has 0 aliphatic rings. The third-order valence-electron chi connectivity index (χ3n) is 3.25. The molecule has 2 rings (SSSR count). The summed E-state index contributed by atoms with van der Waals surface area (Å²) in [6.07, 6.45) is 0. The molecule has 1 amide bonds. The Morgan fingerprint density at radius 1 is 1.23 bits per heavy atom. The van der Waals surface area contributed by atoms with Gasteiger partial charge in [0.1, 0.15) is 18.1 Å². The van der Waals surface area contributed by atoms with Gasteiger partial charge >= 0.3 is 0 Å². The lowest BCUT2D eigenvalue weighted by Gasteiger charge is -2.18. The van der Waals surface area contributed by atoms with E-state index in [1.165, 1.54) is 16.5 Å². The predicted molar refractivity (Wildman–Crippen MR) is 89.4 cm³/mol. The molecule has 4 nitrogen and oxygen atoms in total. The summed E-state index contributed by atoms with van der Waals surface area (Å²) < 4.78 is 6.35. The topological polar surface area (TPSA) is 49.8 Å². The maximum atomic E-state index is 12.3. The lowest BCUT2D eigenvalue weighted by molar-refractivity contribution is 0.0770. The SMILES string of the molecule is Cc1ccc(OCCN(C)C(=O)c2cc(Br)ccc2O)cc1. The van der Waals surface area contributed by atoms with Crippen LogP contribution >= 0.6 is 15.9 Å². The predicted octanol–water partition coefficient (Wildman–Crippen LogP) is 3.61. The number of benzene rings is 2. The van der Waals surface area contributed by atoms with Crippen molar-refractivity contribution in [2.45, 2.75) is 6.92 Å². The van der Waals surface area contributed by atoms with E-state index in [0.29, 0.717) is 13.2 Å². The second kappa shape index (κ2) is 7.31. The number of carbonyl (C=O) groups excluding carboxylic acids is 1. The molecule has 0 unspecified atom stereocenters. The van der Waals surface area contributed by atoms with Crippen LogP contribution in [0.3, 0.4) is 0 Å². The van der Waals surface area contributed by atoms with E-state index in [1.54, 1.807) is 19.2 Å². The zero-order valence-corrected chi connectivity index (χ0v) is 14.1. The van der Waals surface area contributed by atoms with E-state index in [4.69, 9.17) is 4.74 Å². The Hall–Kier alpha value is -2.01. The average Bonchev–Trinajstić information content (AvgIpc) is 2.51. The second-order valence-corrected chi connectivity index (χ2v) is 5.97. The number of phenolic OH excluding ortho intramolecular Hbond substituents is 1. The number of halogens is 1. The van der Waals surface area contributed by atoms with Gasteiger partial charge in [0, 0.05) is 11.5 Å². The Labute approximate surface area is 138 Å². The number of aromatic hydroxyl groups is 1. The molecular formula is C17H18BrNO3. The number of amides is 1. The van der Waals surface area contributed by atoms with Crippen molar-refractivity contribution in [1.82, 2.24) is 4.90 Å². The van der Waals surface area contributed by atoms with Gasteiger partial charge < -0.3 is 14.7 Å². The van der Waals surface area contributed by atoms with Crippen molar-refractivity contribution in [3.63, 3.8) is 0 Å². The monoisotopic (exact) mass is 363 g/mol. The van der Waals surface area contributed by atoms with E-state index in [-0.39, 0.29) is 17.2 Å². The summed E-state index contributed by atoms with van der Waals surface area (Å²) in [6.45, 7) is 2.83.